The Morgan fingerprint density at radius 2 is 1.86 bits per heavy atom. The average molecular weight is 693 g/mol. The summed E-state index contributed by atoms with van der Waals surface area (Å²) in [7, 11) is -1.35. The highest BCUT2D eigenvalue weighted by Gasteiger charge is 2.62. The number of hydrogen-bond donors (Lipinski definition) is 2. The van der Waals surface area contributed by atoms with Crippen molar-refractivity contribution in [3.8, 4) is 0 Å². The Morgan fingerprint density at radius 3 is 2.45 bits per heavy atom. The van der Waals surface area contributed by atoms with Crippen molar-refractivity contribution in [1.29, 1.82) is 0 Å². The van der Waals surface area contributed by atoms with E-state index in [2.05, 4.69) is 31.7 Å². The Kier molecular flexibility index (Phi) is 9.01. The number of nitrogens with zero attached hydrogens (tertiary/aromatic N) is 3. The molecule has 0 spiro atoms. The van der Waals surface area contributed by atoms with Crippen LogP contribution in [0.4, 0.5) is 0 Å². The molecule has 236 valence electrons. The fourth-order valence-electron chi connectivity index (χ4n) is 5.60. The summed E-state index contributed by atoms with van der Waals surface area (Å²) in [6, 6.07) is 5.27. The van der Waals surface area contributed by atoms with E-state index >= 15 is 0 Å². The Morgan fingerprint density at radius 1 is 1.16 bits per heavy atom. The summed E-state index contributed by atoms with van der Waals surface area (Å²) in [6.07, 6.45) is 5.66. The lowest BCUT2D eigenvalue weighted by atomic mass is 10.1. The number of benzene rings is 1. The van der Waals surface area contributed by atoms with Gasteiger partial charge in [0.05, 0.1) is 18.1 Å². The highest BCUT2D eigenvalue weighted by molar-refractivity contribution is 9.10. The number of carbonyl (C=O) groups excluding carboxylic acids is 4. The first-order valence-corrected chi connectivity index (χ1v) is 16.4. The number of nitrogens with one attached hydrogen (secondary N) is 2. The predicted molar refractivity (Wildman–Crippen MR) is 159 cm³/mol. The quantitative estimate of drug-likeness (QED) is 0.203. The Labute approximate surface area is 263 Å². The van der Waals surface area contributed by atoms with Crippen LogP contribution in [-0.4, -0.2) is 84.2 Å². The highest BCUT2D eigenvalue weighted by atomic mass is 79.9. The van der Waals surface area contributed by atoms with Crippen LogP contribution in [0.25, 0.3) is 0 Å². The van der Waals surface area contributed by atoms with Crippen molar-refractivity contribution in [2.75, 3.05) is 13.7 Å². The third kappa shape index (κ3) is 6.59. The number of rotatable bonds is 11. The van der Waals surface area contributed by atoms with Gasteiger partial charge in [0, 0.05) is 36.6 Å². The van der Waals surface area contributed by atoms with Gasteiger partial charge in [0.25, 0.3) is 16.0 Å². The molecule has 2 aromatic rings. The van der Waals surface area contributed by atoms with Gasteiger partial charge < -0.3 is 20.3 Å². The molecule has 5 atom stereocenters. The number of amides is 3. The van der Waals surface area contributed by atoms with Gasteiger partial charge in [-0.1, -0.05) is 28.1 Å². The number of esters is 1. The first-order chi connectivity index (χ1) is 20.9. The van der Waals surface area contributed by atoms with Crippen LogP contribution in [0.2, 0.25) is 0 Å². The van der Waals surface area contributed by atoms with E-state index in [1.165, 1.54) is 34.9 Å². The summed E-state index contributed by atoms with van der Waals surface area (Å²) in [5.74, 6) is -2.80. The fourth-order valence-corrected chi connectivity index (χ4v) is 6.95. The van der Waals surface area contributed by atoms with Crippen LogP contribution in [-0.2, 0) is 40.5 Å². The van der Waals surface area contributed by atoms with E-state index in [0.29, 0.717) is 23.7 Å². The number of aromatic nitrogens is 2. The molecule has 2 aliphatic carbocycles. The smallest absolute Gasteiger partial charge is 0.332 e. The van der Waals surface area contributed by atoms with Crippen molar-refractivity contribution in [1.82, 2.24) is 25.3 Å². The minimum absolute atomic E-state index is 0.0817. The van der Waals surface area contributed by atoms with Crippen LogP contribution in [0.1, 0.15) is 43.1 Å². The second-order valence-corrected chi connectivity index (χ2v) is 13.8. The highest BCUT2D eigenvalue weighted by Crippen LogP contribution is 2.46. The normalized spacial score (nSPS) is 25.5. The number of aryl methyl sites for hydroxylation is 1. The molecular formula is C29H34BrN5O8S. The summed E-state index contributed by atoms with van der Waals surface area (Å²) in [5, 5.41) is 9.65. The van der Waals surface area contributed by atoms with Crippen LogP contribution < -0.4 is 10.6 Å². The molecule has 15 heteroatoms. The van der Waals surface area contributed by atoms with Crippen LogP contribution in [0.15, 0.2) is 58.0 Å². The first-order valence-electron chi connectivity index (χ1n) is 14.2. The average Bonchev–Trinajstić information content (AvgIpc) is 3.86. The molecule has 3 fully saturated rings. The van der Waals surface area contributed by atoms with Crippen molar-refractivity contribution >= 4 is 49.7 Å². The number of hydrogen-bond acceptors (Lipinski definition) is 9. The molecule has 1 saturated heterocycles. The van der Waals surface area contributed by atoms with Crippen molar-refractivity contribution in [3.05, 3.63) is 58.8 Å². The lowest BCUT2D eigenvalue weighted by Crippen LogP contribution is -2.57. The van der Waals surface area contributed by atoms with E-state index in [4.69, 9.17) is 8.92 Å². The molecule has 3 aliphatic rings. The molecular weight excluding hydrogens is 658 g/mol. The largest absolute Gasteiger partial charge is 0.467 e. The minimum atomic E-state index is -4.25. The van der Waals surface area contributed by atoms with E-state index in [9.17, 15) is 27.6 Å². The van der Waals surface area contributed by atoms with Gasteiger partial charge in [-0.15, -0.1) is 0 Å². The van der Waals surface area contributed by atoms with E-state index in [-0.39, 0.29) is 35.4 Å². The minimum Gasteiger partial charge on any atom is -0.467 e. The maximum atomic E-state index is 14.1. The molecule has 1 aromatic carbocycles. The number of likely N-dealkylation sites (tertiary alicyclic amines) is 1. The second-order valence-electron chi connectivity index (χ2n) is 11.3. The van der Waals surface area contributed by atoms with Gasteiger partial charge >= 0.3 is 5.97 Å². The summed E-state index contributed by atoms with van der Waals surface area (Å²) in [4.78, 5) is 54.7. The van der Waals surface area contributed by atoms with E-state index in [0.717, 1.165) is 0 Å². The van der Waals surface area contributed by atoms with Gasteiger partial charge in [-0.2, -0.15) is 13.5 Å². The maximum absolute atomic E-state index is 14.1. The topological polar surface area (TPSA) is 166 Å². The van der Waals surface area contributed by atoms with Gasteiger partial charge in [0.15, 0.2) is 0 Å². The van der Waals surface area contributed by atoms with Gasteiger partial charge in [-0.3, -0.25) is 23.2 Å². The number of ether oxygens (including phenoxy) is 1. The van der Waals surface area contributed by atoms with Crippen LogP contribution in [0.3, 0.4) is 0 Å². The van der Waals surface area contributed by atoms with E-state index < -0.39 is 57.5 Å². The Bertz CT molecular complexity index is 1590. The predicted octanol–water partition coefficient (Wildman–Crippen LogP) is 1.69. The molecule has 1 aliphatic heterocycles. The molecule has 44 heavy (non-hydrogen) atoms. The third-order valence-electron chi connectivity index (χ3n) is 8.14. The summed E-state index contributed by atoms with van der Waals surface area (Å²) in [6.45, 7) is 1.57. The van der Waals surface area contributed by atoms with Gasteiger partial charge in [-0.05, 0) is 62.4 Å². The molecule has 3 amide bonds. The van der Waals surface area contributed by atoms with E-state index in [1.54, 1.807) is 44.5 Å². The van der Waals surface area contributed by atoms with E-state index in [1.807, 2.05) is 0 Å². The zero-order valence-electron chi connectivity index (χ0n) is 24.4. The molecule has 2 N–H and O–H groups in total. The first kappa shape index (κ1) is 31.9. The number of halogens is 1. The summed E-state index contributed by atoms with van der Waals surface area (Å²) >= 11 is 3.27. The molecule has 0 radical (unpaired) electrons. The number of carbonyl (C=O) groups is 4. The molecule has 2 saturated carbocycles. The third-order valence-corrected chi connectivity index (χ3v) is 10.0. The van der Waals surface area contributed by atoms with Gasteiger partial charge in [0.1, 0.15) is 23.3 Å². The van der Waals surface area contributed by atoms with Crippen molar-refractivity contribution in [3.63, 3.8) is 0 Å². The van der Waals surface area contributed by atoms with Crippen molar-refractivity contribution < 1.29 is 36.5 Å². The number of allylic oxidation sites excluding steroid dienone is 1. The van der Waals surface area contributed by atoms with Crippen LogP contribution in [0.5, 0.6) is 0 Å². The molecule has 2 heterocycles. The fraction of sp³-hybridized carbons (Fsp3) is 0.483. The monoisotopic (exact) mass is 691 g/mol. The lowest BCUT2D eigenvalue weighted by Gasteiger charge is -2.29. The summed E-state index contributed by atoms with van der Waals surface area (Å²) < 4.78 is 38.9. The standard InChI is InChI=1S/C29H34BrN5O8S/c1-4-5-18-15-29(18,28(39)42-3)32-26(37)23-14-20(43-44(40,41)21-10-8-19(30)9-11-21)16-35(23)27(38)24(17-6-7-17)31-25(36)22-12-13-34(2)33-22/h4-5,8-13,17-18,20,23-24H,6-7,14-16H2,1-3H3,(H,31,36)(H,32,37)/b5-4-/t18-,20+,23?,24+,29-/m1/s1. The lowest BCUT2D eigenvalue weighted by molar-refractivity contribution is -0.148. The van der Waals surface area contributed by atoms with Crippen LogP contribution >= 0.6 is 15.9 Å². The zero-order chi connectivity index (χ0) is 31.8. The Hall–Kier alpha value is -3.56. The molecule has 5 rings (SSSR count). The van der Waals surface area contributed by atoms with Crippen molar-refractivity contribution in [2.45, 2.75) is 61.2 Å². The molecule has 1 aromatic heterocycles. The zero-order valence-corrected chi connectivity index (χ0v) is 26.8. The van der Waals surface area contributed by atoms with Crippen LogP contribution in [0, 0.1) is 11.8 Å². The van der Waals surface area contributed by atoms with Gasteiger partial charge in [0.2, 0.25) is 11.8 Å². The molecule has 13 nitrogen and oxygen atoms in total. The number of methoxy groups -OCH3 is 1. The SMILES string of the molecule is C/C=C\[C@@H]1C[C@]1(NC(=O)C1C[C@H](OS(=O)(=O)c2ccc(Br)cc2)CN1C(=O)[C@@H](NC(=O)c1ccn(C)n1)C1CC1)C(=O)OC. The van der Waals surface area contributed by atoms with Gasteiger partial charge in [-0.25, -0.2) is 4.79 Å². The van der Waals surface area contributed by atoms with Crippen molar-refractivity contribution in [2.24, 2.45) is 18.9 Å². The Balaban J connectivity index is 1.40. The second kappa shape index (κ2) is 12.4. The maximum Gasteiger partial charge on any atom is 0.332 e. The molecule has 0 bridgehead atoms. The summed E-state index contributed by atoms with van der Waals surface area (Å²) in [5.41, 5.74) is -1.16. The molecule has 1 unspecified atom stereocenters.